The fourth-order valence-electron chi connectivity index (χ4n) is 1.50. The third-order valence-corrected chi connectivity index (χ3v) is 4.35. The Bertz CT molecular complexity index is 340. The average Bonchev–Trinajstić information content (AvgIpc) is 2.02. The van der Waals surface area contributed by atoms with Crippen LogP contribution >= 0.6 is 0 Å². The number of halogens is 2. The van der Waals surface area contributed by atoms with Crippen molar-refractivity contribution >= 4 is 13.3 Å². The first-order valence-corrected chi connectivity index (χ1v) is 8.35. The standard InChI is InChI=1S/C11H16F2Si/c1-5-8-9(12)6-7-10(11(8)13)14(2,3)4/h6-7H,5H2,1-4H3. The number of hydrogen-bond donors (Lipinski definition) is 0. The van der Waals surface area contributed by atoms with Gasteiger partial charge in [-0.1, -0.05) is 32.6 Å². The molecule has 0 aliphatic carbocycles. The lowest BCUT2D eigenvalue weighted by Gasteiger charge is -2.19. The van der Waals surface area contributed by atoms with Crippen molar-refractivity contribution in [2.75, 3.05) is 0 Å². The highest BCUT2D eigenvalue weighted by Crippen LogP contribution is 2.14. The van der Waals surface area contributed by atoms with Crippen molar-refractivity contribution in [2.45, 2.75) is 33.0 Å². The van der Waals surface area contributed by atoms with Crippen LogP contribution in [0.1, 0.15) is 12.5 Å². The van der Waals surface area contributed by atoms with E-state index in [4.69, 9.17) is 0 Å². The van der Waals surface area contributed by atoms with Crippen LogP contribution in [0.25, 0.3) is 0 Å². The van der Waals surface area contributed by atoms with Crippen LogP contribution in [0.5, 0.6) is 0 Å². The van der Waals surface area contributed by atoms with E-state index >= 15 is 0 Å². The molecule has 0 amide bonds. The van der Waals surface area contributed by atoms with Gasteiger partial charge in [0.05, 0.1) is 8.07 Å². The molecule has 0 spiro atoms. The highest BCUT2D eigenvalue weighted by atomic mass is 28.3. The van der Waals surface area contributed by atoms with Gasteiger partial charge in [0.1, 0.15) is 11.6 Å². The lowest BCUT2D eigenvalue weighted by molar-refractivity contribution is 0.563. The fourth-order valence-corrected chi connectivity index (χ4v) is 2.89. The van der Waals surface area contributed by atoms with Crippen LogP contribution in [0.3, 0.4) is 0 Å². The summed E-state index contributed by atoms with van der Waals surface area (Å²) >= 11 is 0. The Labute approximate surface area is 85.0 Å². The smallest absolute Gasteiger partial charge is 0.129 e. The van der Waals surface area contributed by atoms with Crippen LogP contribution in [0, 0.1) is 11.6 Å². The minimum Gasteiger partial charge on any atom is -0.207 e. The first kappa shape index (κ1) is 11.4. The predicted molar refractivity (Wildman–Crippen MR) is 58.7 cm³/mol. The van der Waals surface area contributed by atoms with E-state index in [0.29, 0.717) is 6.42 Å². The average molecular weight is 214 g/mol. The zero-order chi connectivity index (χ0) is 10.9. The van der Waals surface area contributed by atoms with Crippen molar-refractivity contribution in [1.82, 2.24) is 0 Å². The minimum absolute atomic E-state index is 0.227. The quantitative estimate of drug-likeness (QED) is 0.664. The van der Waals surface area contributed by atoms with Gasteiger partial charge in [-0.3, -0.25) is 0 Å². The van der Waals surface area contributed by atoms with Gasteiger partial charge in [-0.15, -0.1) is 0 Å². The SMILES string of the molecule is CCc1c(F)ccc([Si](C)(C)C)c1F. The third-order valence-electron chi connectivity index (χ3n) is 2.35. The lowest BCUT2D eigenvalue weighted by atomic mass is 10.1. The second kappa shape index (κ2) is 3.81. The largest absolute Gasteiger partial charge is 0.207 e. The first-order valence-electron chi connectivity index (χ1n) is 4.85. The molecule has 0 heterocycles. The van der Waals surface area contributed by atoms with E-state index in [0.717, 1.165) is 5.19 Å². The Morgan fingerprint density at radius 1 is 1.14 bits per heavy atom. The molecule has 0 unspecified atom stereocenters. The van der Waals surface area contributed by atoms with Crippen molar-refractivity contribution in [3.63, 3.8) is 0 Å². The highest BCUT2D eigenvalue weighted by molar-refractivity contribution is 6.88. The zero-order valence-corrected chi connectivity index (χ0v) is 10.1. The van der Waals surface area contributed by atoms with Gasteiger partial charge in [-0.2, -0.15) is 0 Å². The Balaban J connectivity index is 3.36. The van der Waals surface area contributed by atoms with Crippen LogP contribution in [0.2, 0.25) is 19.6 Å². The molecule has 3 heteroatoms. The minimum atomic E-state index is -1.69. The molecule has 0 aliphatic rings. The molecular formula is C11H16F2Si. The molecule has 0 saturated heterocycles. The van der Waals surface area contributed by atoms with Crippen LogP contribution in [-0.2, 0) is 6.42 Å². The summed E-state index contributed by atoms with van der Waals surface area (Å²) in [6.45, 7) is 7.95. The normalized spacial score (nSPS) is 11.9. The van der Waals surface area contributed by atoms with Gasteiger partial charge in [0.15, 0.2) is 0 Å². The molecule has 1 rings (SSSR count). The molecule has 0 atom stereocenters. The molecule has 0 N–H and O–H groups in total. The maximum Gasteiger partial charge on any atom is 0.129 e. The van der Waals surface area contributed by atoms with E-state index in [2.05, 4.69) is 19.6 Å². The summed E-state index contributed by atoms with van der Waals surface area (Å²) in [4.78, 5) is 0. The summed E-state index contributed by atoms with van der Waals surface area (Å²) in [5, 5.41) is 0.718. The lowest BCUT2D eigenvalue weighted by Crippen LogP contribution is -2.40. The molecule has 0 radical (unpaired) electrons. The van der Waals surface area contributed by atoms with Crippen molar-refractivity contribution in [2.24, 2.45) is 0 Å². The summed E-state index contributed by atoms with van der Waals surface area (Å²) in [5.74, 6) is -0.751. The van der Waals surface area contributed by atoms with Gasteiger partial charge in [0.25, 0.3) is 0 Å². The van der Waals surface area contributed by atoms with E-state index in [1.807, 2.05) is 0 Å². The van der Waals surface area contributed by atoms with E-state index < -0.39 is 13.9 Å². The van der Waals surface area contributed by atoms with E-state index in [9.17, 15) is 8.78 Å². The molecule has 14 heavy (non-hydrogen) atoms. The van der Waals surface area contributed by atoms with Crippen LogP contribution < -0.4 is 5.19 Å². The van der Waals surface area contributed by atoms with Crippen LogP contribution in [0.4, 0.5) is 8.78 Å². The summed E-state index contributed by atoms with van der Waals surface area (Å²) < 4.78 is 27.0. The van der Waals surface area contributed by atoms with Crippen molar-refractivity contribution in [3.05, 3.63) is 29.3 Å². The van der Waals surface area contributed by atoms with Crippen molar-refractivity contribution in [1.29, 1.82) is 0 Å². The van der Waals surface area contributed by atoms with Crippen molar-refractivity contribution < 1.29 is 8.78 Å². The number of benzene rings is 1. The van der Waals surface area contributed by atoms with Crippen LogP contribution in [0.15, 0.2) is 12.1 Å². The Morgan fingerprint density at radius 3 is 2.14 bits per heavy atom. The Kier molecular flexibility index (Phi) is 3.09. The van der Waals surface area contributed by atoms with E-state index in [1.165, 1.54) is 6.07 Å². The van der Waals surface area contributed by atoms with Gasteiger partial charge >= 0.3 is 0 Å². The predicted octanol–water partition coefficient (Wildman–Crippen LogP) is 3.07. The van der Waals surface area contributed by atoms with Gasteiger partial charge in [-0.25, -0.2) is 8.78 Å². The molecule has 0 bridgehead atoms. The molecule has 0 nitrogen and oxygen atoms in total. The zero-order valence-electron chi connectivity index (χ0n) is 9.12. The van der Waals surface area contributed by atoms with Crippen molar-refractivity contribution in [3.8, 4) is 0 Å². The number of rotatable bonds is 2. The molecular weight excluding hydrogens is 198 g/mol. The molecule has 1 aromatic carbocycles. The van der Waals surface area contributed by atoms with E-state index in [-0.39, 0.29) is 11.4 Å². The molecule has 0 aromatic heterocycles. The summed E-state index contributed by atoms with van der Waals surface area (Å²) in [7, 11) is -1.69. The maximum atomic E-state index is 13.8. The third kappa shape index (κ3) is 2.03. The highest BCUT2D eigenvalue weighted by Gasteiger charge is 2.23. The number of hydrogen-bond acceptors (Lipinski definition) is 0. The van der Waals surface area contributed by atoms with Gasteiger partial charge < -0.3 is 0 Å². The second-order valence-electron chi connectivity index (χ2n) is 4.49. The molecule has 78 valence electrons. The molecule has 0 fully saturated rings. The fraction of sp³-hybridized carbons (Fsp3) is 0.455. The topological polar surface area (TPSA) is 0 Å². The van der Waals surface area contributed by atoms with Gasteiger partial charge in [-0.05, 0) is 17.7 Å². The Hall–Kier alpha value is -0.703. The molecule has 0 saturated carbocycles. The van der Waals surface area contributed by atoms with E-state index in [1.54, 1.807) is 13.0 Å². The molecule has 0 aliphatic heterocycles. The summed E-state index contributed by atoms with van der Waals surface area (Å²) in [5.41, 5.74) is 0.227. The monoisotopic (exact) mass is 214 g/mol. The first-order chi connectivity index (χ1) is 6.38. The maximum absolute atomic E-state index is 13.8. The summed E-state index contributed by atoms with van der Waals surface area (Å²) in [6, 6.07) is 2.98. The Morgan fingerprint density at radius 2 is 1.71 bits per heavy atom. The van der Waals surface area contributed by atoms with Gasteiger partial charge in [0.2, 0.25) is 0 Å². The molecule has 1 aromatic rings. The van der Waals surface area contributed by atoms with Crippen LogP contribution in [-0.4, -0.2) is 8.07 Å². The second-order valence-corrected chi connectivity index (χ2v) is 9.53. The van der Waals surface area contributed by atoms with Gasteiger partial charge in [0, 0.05) is 5.56 Å². The summed E-state index contributed by atoms with van der Waals surface area (Å²) in [6.07, 6.45) is 0.413.